The van der Waals surface area contributed by atoms with Crippen LogP contribution in [-0.4, -0.2) is 61.7 Å². The standard InChI is InChI=1S/C25H22BrN5O8S/c26-16-1-3-20(23(10-16)39-17-9-15-5-6-27-24(15)29-12-17)25(32)30-40(35,36)19-2-4-21(22(11-19)31(33)34)28-13-18-14-37-7-8-38-18/h1-6,9-12,18,28H,7-8,13-14H2,(H,27,29)(H,30,32). The third-order valence-electron chi connectivity index (χ3n) is 5.90. The molecule has 13 nitrogen and oxygen atoms in total. The van der Waals surface area contributed by atoms with Gasteiger partial charge >= 0.3 is 0 Å². The molecule has 208 valence electrons. The molecule has 3 heterocycles. The zero-order valence-electron chi connectivity index (χ0n) is 20.6. The maximum Gasteiger partial charge on any atom is 0.293 e. The molecule has 0 aliphatic carbocycles. The first-order valence-electron chi connectivity index (χ1n) is 11.9. The molecule has 2 aromatic carbocycles. The van der Waals surface area contributed by atoms with Crippen molar-refractivity contribution in [2.24, 2.45) is 0 Å². The first kappa shape index (κ1) is 27.5. The Labute approximate surface area is 236 Å². The predicted molar refractivity (Wildman–Crippen MR) is 147 cm³/mol. The molecule has 1 aliphatic heterocycles. The molecule has 1 saturated heterocycles. The third-order valence-corrected chi connectivity index (χ3v) is 7.72. The highest BCUT2D eigenvalue weighted by atomic mass is 79.9. The Morgan fingerprint density at radius 3 is 2.83 bits per heavy atom. The maximum atomic E-state index is 13.1. The number of nitro benzene ring substituents is 1. The van der Waals surface area contributed by atoms with Crippen molar-refractivity contribution in [3.05, 3.63) is 81.1 Å². The van der Waals surface area contributed by atoms with E-state index in [1.807, 2.05) is 4.72 Å². The lowest BCUT2D eigenvalue weighted by atomic mass is 10.2. The van der Waals surface area contributed by atoms with Crippen molar-refractivity contribution in [3.8, 4) is 11.5 Å². The highest BCUT2D eigenvalue weighted by molar-refractivity contribution is 9.10. The van der Waals surface area contributed by atoms with E-state index in [1.54, 1.807) is 24.4 Å². The van der Waals surface area contributed by atoms with E-state index in [2.05, 4.69) is 31.2 Å². The number of carbonyl (C=O) groups is 1. The van der Waals surface area contributed by atoms with E-state index in [1.165, 1.54) is 30.5 Å². The molecule has 1 atom stereocenters. The number of anilines is 1. The van der Waals surface area contributed by atoms with Crippen molar-refractivity contribution in [1.29, 1.82) is 0 Å². The van der Waals surface area contributed by atoms with Gasteiger partial charge in [0.15, 0.2) is 0 Å². The third kappa shape index (κ3) is 6.22. The van der Waals surface area contributed by atoms with Crippen molar-refractivity contribution in [2.75, 3.05) is 31.7 Å². The molecule has 0 bridgehead atoms. The van der Waals surface area contributed by atoms with Gasteiger partial charge in [0.2, 0.25) is 0 Å². The Balaban J connectivity index is 1.35. The number of benzene rings is 2. The van der Waals surface area contributed by atoms with Gasteiger partial charge in [0, 0.05) is 28.7 Å². The molecule has 1 fully saturated rings. The van der Waals surface area contributed by atoms with E-state index >= 15 is 0 Å². The highest BCUT2D eigenvalue weighted by Crippen LogP contribution is 2.31. The number of hydrogen-bond donors (Lipinski definition) is 3. The smallest absolute Gasteiger partial charge is 0.293 e. The molecule has 0 spiro atoms. The number of halogens is 1. The van der Waals surface area contributed by atoms with E-state index in [0.717, 1.165) is 11.5 Å². The minimum Gasteiger partial charge on any atom is -0.455 e. The average Bonchev–Trinajstić information content (AvgIpc) is 3.40. The van der Waals surface area contributed by atoms with Crippen LogP contribution in [0.2, 0.25) is 0 Å². The number of rotatable bonds is 9. The fourth-order valence-electron chi connectivity index (χ4n) is 3.96. The molecule has 15 heteroatoms. The minimum atomic E-state index is -4.50. The zero-order valence-corrected chi connectivity index (χ0v) is 23.0. The lowest BCUT2D eigenvalue weighted by molar-refractivity contribution is -0.384. The summed E-state index contributed by atoms with van der Waals surface area (Å²) in [6.07, 6.45) is 2.87. The van der Waals surface area contributed by atoms with Crippen molar-refractivity contribution in [1.82, 2.24) is 14.7 Å². The number of nitrogens with zero attached hydrogens (tertiary/aromatic N) is 2. The number of nitro groups is 1. The van der Waals surface area contributed by atoms with Crippen molar-refractivity contribution < 1.29 is 32.3 Å². The van der Waals surface area contributed by atoms with Crippen LogP contribution in [0.4, 0.5) is 11.4 Å². The average molecular weight is 632 g/mol. The van der Waals surface area contributed by atoms with Gasteiger partial charge in [0.1, 0.15) is 22.8 Å². The number of aromatic amines is 1. The van der Waals surface area contributed by atoms with Gasteiger partial charge < -0.3 is 24.5 Å². The first-order chi connectivity index (χ1) is 19.2. The summed E-state index contributed by atoms with van der Waals surface area (Å²) in [5, 5.41) is 15.4. The van der Waals surface area contributed by atoms with E-state index < -0.39 is 31.4 Å². The summed E-state index contributed by atoms with van der Waals surface area (Å²) < 4.78 is 45.4. The van der Waals surface area contributed by atoms with E-state index in [0.29, 0.717) is 35.7 Å². The summed E-state index contributed by atoms with van der Waals surface area (Å²) in [5.41, 5.74) is 0.189. The van der Waals surface area contributed by atoms with Crippen LogP contribution in [0.15, 0.2) is 70.3 Å². The molecule has 0 saturated carbocycles. The van der Waals surface area contributed by atoms with Crippen LogP contribution in [0.5, 0.6) is 11.5 Å². The van der Waals surface area contributed by atoms with Crippen molar-refractivity contribution >= 4 is 54.3 Å². The summed E-state index contributed by atoms with van der Waals surface area (Å²) in [6.45, 7) is 1.44. The van der Waals surface area contributed by atoms with Gasteiger partial charge in [-0.1, -0.05) is 15.9 Å². The fourth-order valence-corrected chi connectivity index (χ4v) is 5.29. The van der Waals surface area contributed by atoms with Crippen LogP contribution in [0.25, 0.3) is 11.0 Å². The number of H-pyrrole nitrogens is 1. The molecular weight excluding hydrogens is 610 g/mol. The Kier molecular flexibility index (Phi) is 7.97. The second-order valence-electron chi connectivity index (χ2n) is 8.65. The summed E-state index contributed by atoms with van der Waals surface area (Å²) in [4.78, 5) is 30.9. The number of aromatic nitrogens is 2. The summed E-state index contributed by atoms with van der Waals surface area (Å²) in [7, 11) is -4.50. The summed E-state index contributed by atoms with van der Waals surface area (Å²) >= 11 is 3.32. The molecule has 1 aliphatic rings. The van der Waals surface area contributed by atoms with Crippen LogP contribution >= 0.6 is 15.9 Å². The van der Waals surface area contributed by atoms with E-state index in [4.69, 9.17) is 14.2 Å². The Hall–Kier alpha value is -4.05. The number of ether oxygens (including phenoxy) is 3. The topological polar surface area (TPSA) is 175 Å². The van der Waals surface area contributed by atoms with E-state index in [9.17, 15) is 23.3 Å². The quantitative estimate of drug-likeness (QED) is 0.181. The number of nitrogens with one attached hydrogen (secondary N) is 3. The predicted octanol–water partition coefficient (Wildman–Crippen LogP) is 3.97. The van der Waals surface area contributed by atoms with E-state index in [-0.39, 0.29) is 29.6 Å². The number of hydrogen-bond acceptors (Lipinski definition) is 10. The van der Waals surface area contributed by atoms with Crippen LogP contribution in [0, 0.1) is 10.1 Å². The number of sulfonamides is 1. The number of pyridine rings is 1. The van der Waals surface area contributed by atoms with Crippen molar-refractivity contribution in [2.45, 2.75) is 11.0 Å². The molecule has 1 amide bonds. The maximum absolute atomic E-state index is 13.1. The first-order valence-corrected chi connectivity index (χ1v) is 14.2. The SMILES string of the molecule is O=C(NS(=O)(=O)c1ccc(NCC2COCCO2)c([N+](=O)[O-])c1)c1ccc(Br)cc1Oc1cnc2[nH]ccc2c1. The van der Waals surface area contributed by atoms with Gasteiger partial charge in [-0.15, -0.1) is 0 Å². The monoisotopic (exact) mass is 631 g/mol. The number of amides is 1. The molecule has 5 rings (SSSR count). The second kappa shape index (κ2) is 11.6. The zero-order chi connectivity index (χ0) is 28.3. The molecule has 4 aromatic rings. The highest BCUT2D eigenvalue weighted by Gasteiger charge is 2.26. The number of carbonyl (C=O) groups excluding carboxylic acids is 1. The lowest BCUT2D eigenvalue weighted by Gasteiger charge is -2.23. The van der Waals surface area contributed by atoms with Gasteiger partial charge in [-0.25, -0.2) is 18.1 Å². The fraction of sp³-hybridized carbons (Fsp3) is 0.200. The number of fused-ring (bicyclic) bond motifs is 1. The van der Waals surface area contributed by atoms with Gasteiger partial charge in [-0.05, 0) is 42.5 Å². The minimum absolute atomic E-state index is 0.0678. The van der Waals surface area contributed by atoms with Gasteiger partial charge in [-0.2, -0.15) is 0 Å². The van der Waals surface area contributed by atoms with Gasteiger partial charge in [-0.3, -0.25) is 14.9 Å². The molecule has 40 heavy (non-hydrogen) atoms. The van der Waals surface area contributed by atoms with Crippen LogP contribution in [0.1, 0.15) is 10.4 Å². The normalized spacial score (nSPS) is 15.5. The lowest BCUT2D eigenvalue weighted by Crippen LogP contribution is -2.34. The Morgan fingerprint density at radius 1 is 1.20 bits per heavy atom. The van der Waals surface area contributed by atoms with Gasteiger partial charge in [0.05, 0.1) is 47.5 Å². The van der Waals surface area contributed by atoms with Gasteiger partial charge in [0.25, 0.3) is 21.6 Å². The molecule has 0 radical (unpaired) electrons. The Bertz CT molecular complexity index is 1690. The van der Waals surface area contributed by atoms with Crippen LogP contribution in [0.3, 0.4) is 0 Å². The summed E-state index contributed by atoms with van der Waals surface area (Å²) in [6, 6.07) is 11.3. The molecule has 3 N–H and O–H groups in total. The van der Waals surface area contributed by atoms with Crippen molar-refractivity contribution in [3.63, 3.8) is 0 Å². The summed E-state index contributed by atoms with van der Waals surface area (Å²) in [5.74, 6) is -0.596. The molecular formula is C25H22BrN5O8S. The van der Waals surface area contributed by atoms with Crippen LogP contribution in [-0.2, 0) is 19.5 Å². The molecule has 2 aromatic heterocycles. The second-order valence-corrected chi connectivity index (χ2v) is 11.2. The Morgan fingerprint density at radius 2 is 2.05 bits per heavy atom. The molecule has 1 unspecified atom stereocenters. The largest absolute Gasteiger partial charge is 0.455 e. The van der Waals surface area contributed by atoms with Crippen LogP contribution < -0.4 is 14.8 Å².